The topological polar surface area (TPSA) is 68.8 Å². The smallest absolute Gasteiger partial charge is 0.319 e. The van der Waals surface area contributed by atoms with E-state index in [1.54, 1.807) is 7.11 Å². The normalized spacial score (nSPS) is 10.0. The Morgan fingerprint density at radius 1 is 1.04 bits per heavy atom. The van der Waals surface area contributed by atoms with Crippen molar-refractivity contribution < 1.29 is 19.0 Å². The minimum Gasteiger partial charge on any atom is -0.495 e. The third-order valence-electron chi connectivity index (χ3n) is 3.39. The fraction of sp³-hybridized carbons (Fsp3) is 0.316. The van der Waals surface area contributed by atoms with Crippen LogP contribution in [0.25, 0.3) is 0 Å². The van der Waals surface area contributed by atoms with E-state index in [2.05, 4.69) is 10.6 Å². The Kier molecular flexibility index (Phi) is 6.95. The van der Waals surface area contributed by atoms with Crippen molar-refractivity contribution in [3.8, 4) is 17.2 Å². The Hall–Kier alpha value is -2.89. The number of ether oxygens (including phenoxy) is 3. The van der Waals surface area contributed by atoms with E-state index in [1.165, 1.54) is 0 Å². The van der Waals surface area contributed by atoms with Gasteiger partial charge in [0.25, 0.3) is 0 Å². The minimum absolute atomic E-state index is 0.306. The Morgan fingerprint density at radius 3 is 2.36 bits per heavy atom. The molecule has 2 aromatic rings. The highest BCUT2D eigenvalue weighted by molar-refractivity contribution is 5.91. The van der Waals surface area contributed by atoms with E-state index in [9.17, 15) is 4.79 Å². The van der Waals surface area contributed by atoms with Crippen molar-refractivity contribution in [2.24, 2.45) is 0 Å². The van der Waals surface area contributed by atoms with Crippen molar-refractivity contribution in [1.82, 2.24) is 5.32 Å². The number of carbonyl (C=O) groups is 1. The van der Waals surface area contributed by atoms with Crippen LogP contribution in [0.15, 0.2) is 42.5 Å². The maximum atomic E-state index is 12.0. The van der Waals surface area contributed by atoms with Crippen molar-refractivity contribution in [3.63, 3.8) is 0 Å². The van der Waals surface area contributed by atoms with Crippen molar-refractivity contribution >= 4 is 11.7 Å². The lowest BCUT2D eigenvalue weighted by atomic mass is 10.2. The predicted octanol–water partition coefficient (Wildman–Crippen LogP) is 3.60. The van der Waals surface area contributed by atoms with Gasteiger partial charge in [-0.25, -0.2) is 4.79 Å². The zero-order valence-corrected chi connectivity index (χ0v) is 14.8. The Labute approximate surface area is 148 Å². The Morgan fingerprint density at radius 2 is 1.72 bits per heavy atom. The number of methoxy groups -OCH3 is 1. The molecule has 134 valence electrons. The SMILES string of the molecule is CCOc1ccc(OCCNC(=O)Nc2cc(C)ccc2OC)cc1. The van der Waals surface area contributed by atoms with Crippen LogP contribution in [0.3, 0.4) is 0 Å². The zero-order valence-electron chi connectivity index (χ0n) is 14.8. The summed E-state index contributed by atoms with van der Waals surface area (Å²) >= 11 is 0. The molecular formula is C19H24N2O4. The first-order valence-corrected chi connectivity index (χ1v) is 8.17. The van der Waals surface area contributed by atoms with Crippen LogP contribution < -0.4 is 24.8 Å². The standard InChI is InChI=1S/C19H24N2O4/c1-4-24-15-6-8-16(9-7-15)25-12-11-20-19(22)21-17-13-14(2)5-10-18(17)23-3/h5-10,13H,4,11-12H2,1-3H3,(H2,20,21,22). The third kappa shape index (κ3) is 5.91. The summed E-state index contributed by atoms with van der Waals surface area (Å²) in [6.07, 6.45) is 0. The fourth-order valence-corrected chi connectivity index (χ4v) is 2.22. The highest BCUT2D eigenvalue weighted by Crippen LogP contribution is 2.24. The van der Waals surface area contributed by atoms with Gasteiger partial charge in [0.15, 0.2) is 0 Å². The van der Waals surface area contributed by atoms with Crippen molar-refractivity contribution in [2.45, 2.75) is 13.8 Å². The van der Waals surface area contributed by atoms with Crippen LogP contribution in [-0.2, 0) is 0 Å². The van der Waals surface area contributed by atoms with E-state index >= 15 is 0 Å². The molecule has 0 aliphatic carbocycles. The number of nitrogens with one attached hydrogen (secondary N) is 2. The molecule has 2 N–H and O–H groups in total. The number of aryl methyl sites for hydroxylation is 1. The lowest BCUT2D eigenvalue weighted by molar-refractivity contribution is 0.247. The largest absolute Gasteiger partial charge is 0.495 e. The lowest BCUT2D eigenvalue weighted by Crippen LogP contribution is -2.32. The zero-order chi connectivity index (χ0) is 18.1. The third-order valence-corrected chi connectivity index (χ3v) is 3.39. The first kappa shape index (κ1) is 18.4. The summed E-state index contributed by atoms with van der Waals surface area (Å²) in [5.41, 5.74) is 1.67. The summed E-state index contributed by atoms with van der Waals surface area (Å²) in [5, 5.41) is 5.52. The number of amides is 2. The molecule has 0 saturated carbocycles. The van der Waals surface area contributed by atoms with E-state index in [4.69, 9.17) is 14.2 Å². The summed E-state index contributed by atoms with van der Waals surface area (Å²) in [6, 6.07) is 12.7. The van der Waals surface area contributed by atoms with Crippen LogP contribution >= 0.6 is 0 Å². The number of hydrogen-bond donors (Lipinski definition) is 2. The summed E-state index contributed by atoms with van der Waals surface area (Å²) in [6.45, 7) is 5.27. The second-order valence-corrected chi connectivity index (χ2v) is 5.34. The van der Waals surface area contributed by atoms with Crippen LogP contribution in [0, 0.1) is 6.92 Å². The van der Waals surface area contributed by atoms with Crippen molar-refractivity contribution in [1.29, 1.82) is 0 Å². The van der Waals surface area contributed by atoms with Gasteiger partial charge in [0, 0.05) is 0 Å². The van der Waals surface area contributed by atoms with Gasteiger partial charge < -0.3 is 24.8 Å². The molecule has 0 radical (unpaired) electrons. The number of anilines is 1. The van der Waals surface area contributed by atoms with Gasteiger partial charge in [-0.15, -0.1) is 0 Å². The van der Waals surface area contributed by atoms with Crippen molar-refractivity contribution in [3.05, 3.63) is 48.0 Å². The summed E-state index contributed by atoms with van der Waals surface area (Å²) in [5.74, 6) is 2.15. The van der Waals surface area contributed by atoms with Crippen LogP contribution in [0.5, 0.6) is 17.2 Å². The first-order chi connectivity index (χ1) is 12.1. The first-order valence-electron chi connectivity index (χ1n) is 8.17. The molecule has 0 aliphatic rings. The Balaban J connectivity index is 1.74. The minimum atomic E-state index is -0.306. The predicted molar refractivity (Wildman–Crippen MR) is 97.9 cm³/mol. The highest BCUT2D eigenvalue weighted by atomic mass is 16.5. The van der Waals surface area contributed by atoms with E-state index in [0.29, 0.717) is 31.2 Å². The summed E-state index contributed by atoms with van der Waals surface area (Å²) in [7, 11) is 1.57. The van der Waals surface area contributed by atoms with Gasteiger partial charge in [-0.1, -0.05) is 6.07 Å². The molecule has 0 spiro atoms. The highest BCUT2D eigenvalue weighted by Gasteiger charge is 2.07. The maximum Gasteiger partial charge on any atom is 0.319 e. The lowest BCUT2D eigenvalue weighted by Gasteiger charge is -2.12. The van der Waals surface area contributed by atoms with Gasteiger partial charge in [0.1, 0.15) is 23.9 Å². The summed E-state index contributed by atoms with van der Waals surface area (Å²) in [4.78, 5) is 12.0. The van der Waals surface area contributed by atoms with Crippen LogP contribution in [0.1, 0.15) is 12.5 Å². The maximum absolute atomic E-state index is 12.0. The molecular weight excluding hydrogens is 320 g/mol. The van der Waals surface area contributed by atoms with Gasteiger partial charge in [-0.3, -0.25) is 0 Å². The molecule has 6 nitrogen and oxygen atoms in total. The molecule has 0 bridgehead atoms. The van der Waals surface area contributed by atoms with Crippen LogP contribution in [-0.4, -0.2) is 32.9 Å². The van der Waals surface area contributed by atoms with Crippen LogP contribution in [0.2, 0.25) is 0 Å². The molecule has 6 heteroatoms. The monoisotopic (exact) mass is 344 g/mol. The molecule has 0 saturated heterocycles. The van der Waals surface area contributed by atoms with Gasteiger partial charge in [-0.2, -0.15) is 0 Å². The van der Waals surface area contributed by atoms with E-state index < -0.39 is 0 Å². The van der Waals surface area contributed by atoms with Gasteiger partial charge in [0.05, 0.1) is 25.9 Å². The average molecular weight is 344 g/mol. The number of hydrogen-bond acceptors (Lipinski definition) is 4. The van der Waals surface area contributed by atoms with E-state index in [0.717, 1.165) is 17.1 Å². The molecule has 0 aliphatic heterocycles. The number of benzene rings is 2. The second kappa shape index (κ2) is 9.42. The molecule has 2 amide bonds. The molecule has 2 aromatic carbocycles. The van der Waals surface area contributed by atoms with E-state index in [-0.39, 0.29) is 6.03 Å². The molecule has 25 heavy (non-hydrogen) atoms. The van der Waals surface area contributed by atoms with E-state index in [1.807, 2.05) is 56.3 Å². The van der Waals surface area contributed by atoms with Gasteiger partial charge in [-0.05, 0) is 55.8 Å². The Bertz CT molecular complexity index is 686. The van der Waals surface area contributed by atoms with Crippen molar-refractivity contribution in [2.75, 3.05) is 32.2 Å². The molecule has 0 heterocycles. The molecule has 0 unspecified atom stereocenters. The number of urea groups is 1. The quantitative estimate of drug-likeness (QED) is 0.718. The average Bonchev–Trinajstić information content (AvgIpc) is 2.60. The van der Waals surface area contributed by atoms with Gasteiger partial charge >= 0.3 is 6.03 Å². The summed E-state index contributed by atoms with van der Waals surface area (Å²) < 4.78 is 16.2. The fourth-order valence-electron chi connectivity index (χ4n) is 2.22. The molecule has 0 fully saturated rings. The van der Waals surface area contributed by atoms with Crippen LogP contribution in [0.4, 0.5) is 10.5 Å². The molecule has 0 aromatic heterocycles. The number of rotatable bonds is 8. The van der Waals surface area contributed by atoms with Gasteiger partial charge in [0.2, 0.25) is 0 Å². The second-order valence-electron chi connectivity index (χ2n) is 5.34. The molecule has 0 atom stereocenters. The molecule has 2 rings (SSSR count). The number of carbonyl (C=O) groups excluding carboxylic acids is 1.